The second-order valence-corrected chi connectivity index (χ2v) is 6.20. The van der Waals surface area contributed by atoms with E-state index >= 15 is 0 Å². The molecular formula is C20H30N4O3. The van der Waals surface area contributed by atoms with Crippen LogP contribution in [-0.2, 0) is 9.59 Å². The summed E-state index contributed by atoms with van der Waals surface area (Å²) in [6.45, 7) is 3.68. The Morgan fingerprint density at radius 3 is 2.48 bits per heavy atom. The Kier molecular flexibility index (Phi) is 10.7. The highest BCUT2D eigenvalue weighted by atomic mass is 16.5. The molecule has 1 rings (SSSR count). The number of nitrogens with one attached hydrogen (secondary N) is 3. The van der Waals surface area contributed by atoms with Crippen molar-refractivity contribution < 1.29 is 14.8 Å². The van der Waals surface area contributed by atoms with Gasteiger partial charge in [-0.3, -0.25) is 14.8 Å². The number of carbonyl (C=O) groups excluding carboxylic acids is 2. The molecular weight excluding hydrogens is 344 g/mol. The van der Waals surface area contributed by atoms with Gasteiger partial charge in [-0.05, 0) is 39.3 Å². The second-order valence-electron chi connectivity index (χ2n) is 6.20. The number of carbonyl (C=O) groups is 2. The fourth-order valence-electron chi connectivity index (χ4n) is 2.65. The summed E-state index contributed by atoms with van der Waals surface area (Å²) in [7, 11) is 1.75. The Morgan fingerprint density at radius 2 is 1.89 bits per heavy atom. The third kappa shape index (κ3) is 8.61. The third-order valence-electron chi connectivity index (χ3n) is 4.12. The van der Waals surface area contributed by atoms with Crippen LogP contribution in [0.4, 0.5) is 0 Å². The number of hydrogen-bond acceptors (Lipinski definition) is 5. The van der Waals surface area contributed by atoms with Crippen LogP contribution in [0, 0.1) is 0 Å². The highest BCUT2D eigenvalue weighted by Gasteiger charge is 2.16. The second kappa shape index (κ2) is 12.8. The Morgan fingerprint density at radius 1 is 1.19 bits per heavy atom. The van der Waals surface area contributed by atoms with Crippen molar-refractivity contribution in [1.82, 2.24) is 16.1 Å². The topological polar surface area (TPSA) is 103 Å². The molecule has 0 fully saturated rings. The Labute approximate surface area is 160 Å². The molecule has 148 valence electrons. The van der Waals surface area contributed by atoms with Crippen LogP contribution in [0.1, 0.15) is 51.5 Å². The van der Waals surface area contributed by atoms with E-state index in [-0.39, 0.29) is 24.3 Å². The van der Waals surface area contributed by atoms with E-state index in [4.69, 9.17) is 5.21 Å². The van der Waals surface area contributed by atoms with Crippen molar-refractivity contribution in [2.45, 2.75) is 52.0 Å². The van der Waals surface area contributed by atoms with Gasteiger partial charge in [0, 0.05) is 6.42 Å². The zero-order valence-electron chi connectivity index (χ0n) is 16.3. The van der Waals surface area contributed by atoms with Crippen LogP contribution < -0.4 is 16.1 Å². The number of hydroxylamine groups is 1. The SMILES string of the molecule is C/C=C(\N=C(C)NC(=O)[C@H](CCCCCC(=O)NO)NC)c1ccccc1. The smallest absolute Gasteiger partial charge is 0.243 e. The van der Waals surface area contributed by atoms with E-state index in [2.05, 4.69) is 15.6 Å². The van der Waals surface area contributed by atoms with Crippen molar-refractivity contribution in [2.75, 3.05) is 7.05 Å². The average molecular weight is 374 g/mol. The lowest BCUT2D eigenvalue weighted by atomic mass is 10.1. The third-order valence-corrected chi connectivity index (χ3v) is 4.12. The number of unbranched alkanes of at least 4 members (excludes halogenated alkanes) is 2. The number of likely N-dealkylation sites (N-methyl/N-ethyl adjacent to an activating group) is 1. The normalized spacial score (nSPS) is 13.2. The van der Waals surface area contributed by atoms with E-state index < -0.39 is 0 Å². The Hall–Kier alpha value is -2.51. The summed E-state index contributed by atoms with van der Waals surface area (Å²) < 4.78 is 0. The molecule has 7 nitrogen and oxygen atoms in total. The summed E-state index contributed by atoms with van der Waals surface area (Å²) in [6.07, 6.45) is 5.13. The van der Waals surface area contributed by atoms with Gasteiger partial charge in [-0.25, -0.2) is 10.5 Å². The largest absolute Gasteiger partial charge is 0.313 e. The van der Waals surface area contributed by atoms with Crippen LogP contribution in [0.15, 0.2) is 41.4 Å². The van der Waals surface area contributed by atoms with Gasteiger partial charge in [0.15, 0.2) is 0 Å². The molecule has 2 amide bonds. The monoisotopic (exact) mass is 374 g/mol. The number of amides is 2. The Balaban J connectivity index is 2.52. The molecule has 7 heteroatoms. The lowest BCUT2D eigenvalue weighted by Crippen LogP contribution is -2.44. The van der Waals surface area contributed by atoms with E-state index in [9.17, 15) is 9.59 Å². The maximum atomic E-state index is 12.4. The van der Waals surface area contributed by atoms with Gasteiger partial charge in [0.25, 0.3) is 0 Å². The molecule has 0 spiro atoms. The average Bonchev–Trinajstić information content (AvgIpc) is 2.69. The van der Waals surface area contributed by atoms with Gasteiger partial charge < -0.3 is 10.6 Å². The van der Waals surface area contributed by atoms with Crippen molar-refractivity contribution in [2.24, 2.45) is 4.99 Å². The zero-order valence-corrected chi connectivity index (χ0v) is 16.3. The number of amidine groups is 1. The number of benzene rings is 1. The van der Waals surface area contributed by atoms with Crippen molar-refractivity contribution in [1.29, 1.82) is 0 Å². The minimum atomic E-state index is -0.386. The molecule has 0 heterocycles. The lowest BCUT2D eigenvalue weighted by molar-refractivity contribution is -0.129. The number of allylic oxidation sites excluding steroid dienone is 1. The molecule has 0 unspecified atom stereocenters. The van der Waals surface area contributed by atoms with Crippen LogP contribution in [-0.4, -0.2) is 35.9 Å². The highest BCUT2D eigenvalue weighted by Crippen LogP contribution is 2.15. The summed E-state index contributed by atoms with van der Waals surface area (Å²) in [5, 5.41) is 14.3. The van der Waals surface area contributed by atoms with E-state index in [0.29, 0.717) is 18.7 Å². The molecule has 1 aromatic carbocycles. The van der Waals surface area contributed by atoms with Crippen LogP contribution in [0.3, 0.4) is 0 Å². The van der Waals surface area contributed by atoms with Crippen molar-refractivity contribution in [3.63, 3.8) is 0 Å². The molecule has 0 bridgehead atoms. The van der Waals surface area contributed by atoms with Gasteiger partial charge in [0.2, 0.25) is 11.8 Å². The van der Waals surface area contributed by atoms with Gasteiger partial charge in [-0.1, -0.05) is 49.2 Å². The number of rotatable bonds is 10. The van der Waals surface area contributed by atoms with Gasteiger partial charge >= 0.3 is 0 Å². The molecule has 1 atom stereocenters. The summed E-state index contributed by atoms with van der Waals surface area (Å²) in [4.78, 5) is 27.9. The van der Waals surface area contributed by atoms with E-state index in [1.54, 1.807) is 19.5 Å². The number of hydrogen-bond donors (Lipinski definition) is 4. The zero-order chi connectivity index (χ0) is 20.1. The van der Waals surface area contributed by atoms with Gasteiger partial charge in [0.1, 0.15) is 5.84 Å². The van der Waals surface area contributed by atoms with E-state index in [0.717, 1.165) is 24.1 Å². The van der Waals surface area contributed by atoms with Gasteiger partial charge in [0.05, 0.1) is 11.7 Å². The molecule has 0 radical (unpaired) electrons. The first-order valence-corrected chi connectivity index (χ1v) is 9.19. The summed E-state index contributed by atoms with van der Waals surface area (Å²) >= 11 is 0. The summed E-state index contributed by atoms with van der Waals surface area (Å²) in [5.41, 5.74) is 3.41. The minimum absolute atomic E-state index is 0.129. The first-order valence-electron chi connectivity index (χ1n) is 9.19. The molecule has 1 aromatic rings. The molecule has 27 heavy (non-hydrogen) atoms. The number of nitrogens with zero attached hydrogens (tertiary/aromatic N) is 1. The minimum Gasteiger partial charge on any atom is -0.313 e. The predicted molar refractivity (Wildman–Crippen MR) is 107 cm³/mol. The quantitative estimate of drug-likeness (QED) is 0.166. The van der Waals surface area contributed by atoms with E-state index in [1.807, 2.05) is 43.3 Å². The van der Waals surface area contributed by atoms with Crippen molar-refractivity contribution >= 4 is 23.3 Å². The number of aliphatic imine (C=N–C) groups is 1. The first-order chi connectivity index (χ1) is 13.0. The maximum Gasteiger partial charge on any atom is 0.243 e. The summed E-state index contributed by atoms with van der Waals surface area (Å²) in [6, 6.07) is 9.46. The van der Waals surface area contributed by atoms with Crippen molar-refractivity contribution in [3.8, 4) is 0 Å². The van der Waals surface area contributed by atoms with Gasteiger partial charge in [-0.15, -0.1) is 0 Å². The van der Waals surface area contributed by atoms with Crippen LogP contribution in [0.2, 0.25) is 0 Å². The first kappa shape index (κ1) is 22.5. The molecule has 4 N–H and O–H groups in total. The van der Waals surface area contributed by atoms with Crippen LogP contribution >= 0.6 is 0 Å². The molecule has 0 aliphatic heterocycles. The standard InChI is InChI=1S/C20H30N4O3/c1-4-17(16-11-7-5-8-12-16)22-15(2)23-20(26)18(21-3)13-9-6-10-14-19(25)24-27/h4-5,7-8,11-12,18,21,27H,6,9-10,13-14H2,1-3H3,(H,24,25)(H,22,23,26)/b17-4-/t18-/m0/s1. The molecule has 0 saturated carbocycles. The maximum absolute atomic E-state index is 12.4. The fraction of sp³-hybridized carbons (Fsp3) is 0.450. The molecule has 0 aliphatic carbocycles. The van der Waals surface area contributed by atoms with Crippen LogP contribution in [0.5, 0.6) is 0 Å². The predicted octanol–water partition coefficient (Wildman–Crippen LogP) is 2.63. The lowest BCUT2D eigenvalue weighted by Gasteiger charge is -2.16. The highest BCUT2D eigenvalue weighted by molar-refractivity contribution is 6.01. The van der Waals surface area contributed by atoms with Crippen molar-refractivity contribution in [3.05, 3.63) is 42.0 Å². The Bertz CT molecular complexity index is 656. The fourth-order valence-corrected chi connectivity index (χ4v) is 2.65. The summed E-state index contributed by atoms with van der Waals surface area (Å²) in [5.74, 6) is 0.0233. The molecule has 0 aromatic heterocycles. The molecule has 0 saturated heterocycles. The van der Waals surface area contributed by atoms with Gasteiger partial charge in [-0.2, -0.15) is 0 Å². The molecule has 0 aliphatic rings. The van der Waals surface area contributed by atoms with E-state index in [1.165, 1.54) is 0 Å². The van der Waals surface area contributed by atoms with Crippen LogP contribution in [0.25, 0.3) is 5.70 Å².